The number of hydrogen-bond acceptors (Lipinski definition) is 5. The molecule has 128 valence electrons. The van der Waals surface area contributed by atoms with E-state index in [9.17, 15) is 4.79 Å². The number of rotatable bonds is 6. The van der Waals surface area contributed by atoms with E-state index in [0.717, 1.165) is 29.8 Å². The van der Waals surface area contributed by atoms with Gasteiger partial charge in [-0.05, 0) is 18.2 Å². The molecule has 1 aliphatic rings. The Morgan fingerprint density at radius 2 is 1.88 bits per heavy atom. The number of hydrogen-bond donors (Lipinski definition) is 0. The van der Waals surface area contributed by atoms with Gasteiger partial charge >= 0.3 is 0 Å². The van der Waals surface area contributed by atoms with Crippen molar-refractivity contribution in [2.75, 3.05) is 58.0 Å². The monoisotopic (exact) mass is 329 g/mol. The van der Waals surface area contributed by atoms with Crippen LogP contribution in [0.5, 0.6) is 0 Å². The van der Waals surface area contributed by atoms with Crippen LogP contribution in [0.4, 0.5) is 5.82 Å². The third-order valence-electron chi connectivity index (χ3n) is 4.20. The third-order valence-corrected chi connectivity index (χ3v) is 4.20. The molecule has 0 bridgehead atoms. The summed E-state index contributed by atoms with van der Waals surface area (Å²) < 4.78 is 10.2. The molecule has 1 saturated heterocycles. The number of nitrogens with zero attached hydrogens (tertiary/aromatic N) is 3. The molecule has 2 aromatic rings. The molecule has 0 N–H and O–H groups in total. The number of anilines is 1. The first kappa shape index (κ1) is 16.7. The van der Waals surface area contributed by atoms with Gasteiger partial charge in [0.2, 0.25) is 5.91 Å². The summed E-state index contributed by atoms with van der Waals surface area (Å²) in [6.45, 7) is 4.04. The number of para-hydroxylation sites is 1. The minimum absolute atomic E-state index is 0.0391. The van der Waals surface area contributed by atoms with Gasteiger partial charge in [0, 0.05) is 38.7 Å². The first-order valence-electron chi connectivity index (χ1n) is 8.23. The Bertz CT molecular complexity index is 684. The lowest BCUT2D eigenvalue weighted by Crippen LogP contribution is -2.50. The van der Waals surface area contributed by atoms with Gasteiger partial charge in [0.15, 0.2) is 0 Å². The van der Waals surface area contributed by atoms with Crippen LogP contribution in [-0.4, -0.2) is 68.9 Å². The molecule has 1 aromatic carbocycles. The van der Waals surface area contributed by atoms with E-state index in [1.165, 1.54) is 0 Å². The fourth-order valence-electron chi connectivity index (χ4n) is 2.81. The molecule has 6 nitrogen and oxygen atoms in total. The van der Waals surface area contributed by atoms with Gasteiger partial charge in [0.05, 0.1) is 18.7 Å². The highest BCUT2D eigenvalue weighted by Crippen LogP contribution is 2.19. The van der Waals surface area contributed by atoms with Crippen LogP contribution in [0.2, 0.25) is 0 Å². The lowest BCUT2D eigenvalue weighted by atomic mass is 10.2. The quantitative estimate of drug-likeness (QED) is 0.753. The highest BCUT2D eigenvalue weighted by molar-refractivity contribution is 5.80. The zero-order chi connectivity index (χ0) is 16.8. The lowest BCUT2D eigenvalue weighted by Gasteiger charge is -2.35. The van der Waals surface area contributed by atoms with Crippen molar-refractivity contribution in [2.45, 2.75) is 0 Å². The van der Waals surface area contributed by atoms with Crippen LogP contribution in [-0.2, 0) is 14.3 Å². The van der Waals surface area contributed by atoms with Gasteiger partial charge in [-0.2, -0.15) is 0 Å². The molecule has 6 heteroatoms. The Labute approximate surface area is 142 Å². The second-order valence-corrected chi connectivity index (χ2v) is 5.78. The molecule has 0 unspecified atom stereocenters. The summed E-state index contributed by atoms with van der Waals surface area (Å²) >= 11 is 0. The molecule has 1 aromatic heterocycles. The van der Waals surface area contributed by atoms with E-state index in [1.54, 1.807) is 7.11 Å². The van der Waals surface area contributed by atoms with Crippen LogP contribution in [0.1, 0.15) is 0 Å². The van der Waals surface area contributed by atoms with Crippen LogP contribution in [0.15, 0.2) is 36.4 Å². The number of benzene rings is 1. The van der Waals surface area contributed by atoms with E-state index in [-0.39, 0.29) is 12.5 Å². The molecule has 24 heavy (non-hydrogen) atoms. The molecule has 0 aliphatic carbocycles. The van der Waals surface area contributed by atoms with Crippen molar-refractivity contribution in [3.63, 3.8) is 0 Å². The molecular weight excluding hydrogens is 306 g/mol. The summed E-state index contributed by atoms with van der Waals surface area (Å²) in [5.74, 6) is 1.01. The minimum atomic E-state index is 0.0391. The van der Waals surface area contributed by atoms with Crippen LogP contribution in [0.3, 0.4) is 0 Å². The fourth-order valence-corrected chi connectivity index (χ4v) is 2.81. The van der Waals surface area contributed by atoms with Crippen molar-refractivity contribution in [1.29, 1.82) is 0 Å². The number of aromatic nitrogens is 1. The van der Waals surface area contributed by atoms with Crippen molar-refractivity contribution >= 4 is 22.6 Å². The smallest absolute Gasteiger partial charge is 0.248 e. The second-order valence-electron chi connectivity index (χ2n) is 5.78. The largest absolute Gasteiger partial charge is 0.382 e. The Kier molecular flexibility index (Phi) is 5.61. The van der Waals surface area contributed by atoms with Crippen LogP contribution >= 0.6 is 0 Å². The average molecular weight is 329 g/mol. The van der Waals surface area contributed by atoms with Gasteiger partial charge in [0.25, 0.3) is 0 Å². The van der Waals surface area contributed by atoms with Gasteiger partial charge in [-0.1, -0.05) is 18.2 Å². The van der Waals surface area contributed by atoms with E-state index in [1.807, 2.05) is 29.2 Å². The maximum atomic E-state index is 12.1. The van der Waals surface area contributed by atoms with Crippen molar-refractivity contribution < 1.29 is 14.3 Å². The molecule has 1 fully saturated rings. The summed E-state index contributed by atoms with van der Waals surface area (Å²) in [7, 11) is 1.62. The first-order valence-corrected chi connectivity index (χ1v) is 8.23. The van der Waals surface area contributed by atoms with Gasteiger partial charge in [-0.15, -0.1) is 0 Å². The highest BCUT2D eigenvalue weighted by atomic mass is 16.5. The molecular formula is C18H23N3O3. The SMILES string of the molecule is COCCOCC(=O)N1CCN(c2ccc3ccccc3n2)CC1. The maximum absolute atomic E-state index is 12.1. The molecule has 0 radical (unpaired) electrons. The van der Waals surface area contributed by atoms with Crippen molar-refractivity contribution in [3.8, 4) is 0 Å². The summed E-state index contributed by atoms with van der Waals surface area (Å²) in [6.07, 6.45) is 0. The van der Waals surface area contributed by atoms with Crippen molar-refractivity contribution in [1.82, 2.24) is 9.88 Å². The third kappa shape index (κ3) is 4.01. The molecule has 0 saturated carbocycles. The number of fused-ring (bicyclic) bond motifs is 1. The summed E-state index contributed by atoms with van der Waals surface area (Å²) in [6, 6.07) is 12.2. The Hall–Kier alpha value is -2.18. The lowest BCUT2D eigenvalue weighted by molar-refractivity contribution is -0.136. The average Bonchev–Trinajstić information content (AvgIpc) is 2.65. The highest BCUT2D eigenvalue weighted by Gasteiger charge is 2.21. The zero-order valence-corrected chi connectivity index (χ0v) is 14.0. The number of piperazine rings is 1. The zero-order valence-electron chi connectivity index (χ0n) is 14.0. The van der Waals surface area contributed by atoms with E-state index < -0.39 is 0 Å². The first-order chi connectivity index (χ1) is 11.8. The molecule has 0 spiro atoms. The number of methoxy groups -OCH3 is 1. The Morgan fingerprint density at radius 1 is 1.08 bits per heavy atom. The molecule has 1 aliphatic heterocycles. The van der Waals surface area contributed by atoms with Crippen LogP contribution in [0.25, 0.3) is 10.9 Å². The maximum Gasteiger partial charge on any atom is 0.248 e. The number of carbonyl (C=O) groups excluding carboxylic acids is 1. The summed E-state index contributed by atoms with van der Waals surface area (Å²) in [5, 5.41) is 1.14. The van der Waals surface area contributed by atoms with Gasteiger partial charge in [-0.3, -0.25) is 4.79 Å². The summed E-state index contributed by atoms with van der Waals surface area (Å²) in [5.41, 5.74) is 1.00. The fraction of sp³-hybridized carbons (Fsp3) is 0.444. The molecule has 2 heterocycles. The molecule has 3 rings (SSSR count). The molecule has 0 atom stereocenters. The number of amides is 1. The van der Waals surface area contributed by atoms with E-state index in [4.69, 9.17) is 14.5 Å². The number of pyridine rings is 1. The van der Waals surface area contributed by atoms with Crippen molar-refractivity contribution in [3.05, 3.63) is 36.4 Å². The van der Waals surface area contributed by atoms with Gasteiger partial charge < -0.3 is 19.3 Å². The predicted octanol–water partition coefficient (Wildman–Crippen LogP) is 1.55. The predicted molar refractivity (Wildman–Crippen MR) is 93.2 cm³/mol. The van der Waals surface area contributed by atoms with Crippen molar-refractivity contribution in [2.24, 2.45) is 0 Å². The number of carbonyl (C=O) groups is 1. The van der Waals surface area contributed by atoms with E-state index in [2.05, 4.69) is 17.0 Å². The normalized spacial score (nSPS) is 15.0. The topological polar surface area (TPSA) is 54.9 Å². The summed E-state index contributed by atoms with van der Waals surface area (Å²) in [4.78, 5) is 20.9. The number of ether oxygens (including phenoxy) is 2. The minimum Gasteiger partial charge on any atom is -0.382 e. The Morgan fingerprint density at radius 3 is 2.67 bits per heavy atom. The second kappa shape index (κ2) is 8.08. The molecule has 1 amide bonds. The van der Waals surface area contributed by atoms with Gasteiger partial charge in [-0.25, -0.2) is 4.98 Å². The van der Waals surface area contributed by atoms with Crippen LogP contribution < -0.4 is 4.90 Å². The standard InChI is InChI=1S/C18H23N3O3/c1-23-12-13-24-14-18(22)21-10-8-20(9-11-21)17-7-6-15-4-2-3-5-16(15)19-17/h2-7H,8-14H2,1H3. The van der Waals surface area contributed by atoms with Crippen LogP contribution in [0, 0.1) is 0 Å². The van der Waals surface area contributed by atoms with Gasteiger partial charge in [0.1, 0.15) is 12.4 Å². The Balaban J connectivity index is 1.53. The van der Waals surface area contributed by atoms with E-state index >= 15 is 0 Å². The van der Waals surface area contributed by atoms with E-state index in [0.29, 0.717) is 26.3 Å².